The van der Waals surface area contributed by atoms with Gasteiger partial charge in [-0.25, -0.2) is 4.39 Å². The fraction of sp³-hybridized carbons (Fsp3) is 0.333. The monoisotopic (exact) mass is 296 g/mol. The van der Waals surface area contributed by atoms with Gasteiger partial charge in [-0.05, 0) is 37.7 Å². The van der Waals surface area contributed by atoms with E-state index in [0.29, 0.717) is 13.1 Å². The van der Waals surface area contributed by atoms with Gasteiger partial charge >= 0.3 is 0 Å². The van der Waals surface area contributed by atoms with Crippen molar-refractivity contribution in [2.75, 3.05) is 13.6 Å². The average molecular weight is 297 g/mol. The summed E-state index contributed by atoms with van der Waals surface area (Å²) in [4.78, 5) is 2.10. The van der Waals surface area contributed by atoms with Gasteiger partial charge in [0.25, 0.3) is 0 Å². The third-order valence-corrected chi connectivity index (χ3v) is 3.76. The first-order valence-electron chi connectivity index (χ1n) is 6.41. The van der Waals surface area contributed by atoms with Crippen LogP contribution in [0.1, 0.15) is 22.9 Å². The topological polar surface area (TPSA) is 42.4 Å². The number of aryl methyl sites for hydroxylation is 1. The van der Waals surface area contributed by atoms with Gasteiger partial charge in [-0.1, -0.05) is 17.7 Å². The molecule has 0 fully saturated rings. The van der Waals surface area contributed by atoms with E-state index in [-0.39, 0.29) is 11.1 Å². The van der Waals surface area contributed by atoms with Crippen LogP contribution < -0.4 is 5.73 Å². The number of rotatable bonds is 5. The Labute approximate surface area is 123 Å². The van der Waals surface area contributed by atoms with Crippen LogP contribution in [0.4, 0.5) is 4.39 Å². The number of halogens is 2. The molecule has 0 amide bonds. The smallest absolute Gasteiger partial charge is 0.141 e. The van der Waals surface area contributed by atoms with Gasteiger partial charge in [0.15, 0.2) is 0 Å². The first-order valence-corrected chi connectivity index (χ1v) is 6.79. The van der Waals surface area contributed by atoms with E-state index in [4.69, 9.17) is 21.8 Å². The number of benzene rings is 1. The van der Waals surface area contributed by atoms with Gasteiger partial charge in [0.1, 0.15) is 11.6 Å². The first kappa shape index (κ1) is 15.0. The van der Waals surface area contributed by atoms with E-state index in [0.717, 1.165) is 16.9 Å². The molecule has 1 unspecified atom stereocenters. The lowest BCUT2D eigenvalue weighted by atomic mass is 10.0. The van der Waals surface area contributed by atoms with Gasteiger partial charge < -0.3 is 10.2 Å². The van der Waals surface area contributed by atoms with Gasteiger partial charge in [-0.15, -0.1) is 0 Å². The Morgan fingerprint density at radius 3 is 2.70 bits per heavy atom. The second-order valence-electron chi connectivity index (χ2n) is 4.84. The minimum Gasteiger partial charge on any atom is -0.469 e. The summed E-state index contributed by atoms with van der Waals surface area (Å²) >= 11 is 5.84. The standard InChI is InChI=1S/C15H18ClFN2O/c1-10-12(5-6-20-10)9-19(2)15(8-18)11-3-4-14(17)13(16)7-11/h3-7,15H,8-9,18H2,1-2H3. The van der Waals surface area contributed by atoms with E-state index in [1.54, 1.807) is 18.4 Å². The Hall–Kier alpha value is -1.36. The van der Waals surface area contributed by atoms with Crippen molar-refractivity contribution in [1.82, 2.24) is 4.90 Å². The average Bonchev–Trinajstić information content (AvgIpc) is 2.80. The fourth-order valence-electron chi connectivity index (χ4n) is 2.24. The quantitative estimate of drug-likeness (QED) is 0.918. The summed E-state index contributed by atoms with van der Waals surface area (Å²) < 4.78 is 18.5. The number of nitrogens with two attached hydrogens (primary N) is 1. The SMILES string of the molecule is Cc1occc1CN(C)C(CN)c1ccc(F)c(Cl)c1. The summed E-state index contributed by atoms with van der Waals surface area (Å²) in [7, 11) is 1.97. The lowest BCUT2D eigenvalue weighted by Crippen LogP contribution is -2.30. The zero-order valence-corrected chi connectivity index (χ0v) is 12.3. The highest BCUT2D eigenvalue weighted by Gasteiger charge is 2.18. The van der Waals surface area contributed by atoms with Crippen molar-refractivity contribution in [3.05, 3.63) is 58.3 Å². The summed E-state index contributed by atoms with van der Waals surface area (Å²) in [6.45, 7) is 3.06. The first-order chi connectivity index (χ1) is 9.52. The van der Waals surface area contributed by atoms with Gasteiger partial charge in [-0.2, -0.15) is 0 Å². The van der Waals surface area contributed by atoms with E-state index in [1.165, 1.54) is 6.07 Å². The molecule has 1 aromatic carbocycles. The minimum absolute atomic E-state index is 0.0256. The summed E-state index contributed by atoms with van der Waals surface area (Å²) in [6, 6.07) is 6.64. The molecule has 0 saturated heterocycles. The highest BCUT2D eigenvalue weighted by Crippen LogP contribution is 2.25. The van der Waals surface area contributed by atoms with Gasteiger partial charge in [0.05, 0.1) is 11.3 Å². The molecule has 108 valence electrons. The molecular formula is C15H18ClFN2O. The molecular weight excluding hydrogens is 279 g/mol. The molecule has 2 rings (SSSR count). The summed E-state index contributed by atoms with van der Waals surface area (Å²) in [5, 5.41) is 0.119. The lowest BCUT2D eigenvalue weighted by molar-refractivity contribution is 0.240. The Kier molecular flexibility index (Phi) is 4.81. The number of hydrogen-bond acceptors (Lipinski definition) is 3. The molecule has 0 spiro atoms. The molecule has 5 heteroatoms. The van der Waals surface area contributed by atoms with Crippen molar-refractivity contribution in [2.24, 2.45) is 5.73 Å². The molecule has 2 aromatic rings. The second-order valence-corrected chi connectivity index (χ2v) is 5.25. The van der Waals surface area contributed by atoms with Crippen LogP contribution in [0.25, 0.3) is 0 Å². The summed E-state index contributed by atoms with van der Waals surface area (Å²) in [5.74, 6) is 0.476. The predicted molar refractivity (Wildman–Crippen MR) is 78.1 cm³/mol. The number of nitrogens with zero attached hydrogens (tertiary/aromatic N) is 1. The van der Waals surface area contributed by atoms with Crippen LogP contribution in [0.3, 0.4) is 0 Å². The molecule has 0 aliphatic rings. The van der Waals surface area contributed by atoms with E-state index in [9.17, 15) is 4.39 Å². The fourth-order valence-corrected chi connectivity index (χ4v) is 2.43. The third kappa shape index (κ3) is 3.20. The predicted octanol–water partition coefficient (Wildman–Crippen LogP) is 3.51. The van der Waals surface area contributed by atoms with E-state index in [1.807, 2.05) is 20.0 Å². The molecule has 3 nitrogen and oxygen atoms in total. The van der Waals surface area contributed by atoms with Crippen molar-refractivity contribution in [1.29, 1.82) is 0 Å². The van der Waals surface area contributed by atoms with Crippen molar-refractivity contribution in [2.45, 2.75) is 19.5 Å². The Morgan fingerprint density at radius 2 is 2.15 bits per heavy atom. The van der Waals surface area contributed by atoms with E-state index < -0.39 is 5.82 Å². The maximum Gasteiger partial charge on any atom is 0.141 e. The van der Waals surface area contributed by atoms with Gasteiger partial charge in [-0.3, -0.25) is 4.90 Å². The highest BCUT2D eigenvalue weighted by atomic mass is 35.5. The molecule has 1 aromatic heterocycles. The van der Waals surface area contributed by atoms with Crippen molar-refractivity contribution < 1.29 is 8.81 Å². The summed E-state index contributed by atoms with van der Waals surface area (Å²) in [5.41, 5.74) is 7.87. The van der Waals surface area contributed by atoms with Crippen LogP contribution in [-0.4, -0.2) is 18.5 Å². The van der Waals surface area contributed by atoms with Crippen molar-refractivity contribution in [3.63, 3.8) is 0 Å². The summed E-state index contributed by atoms with van der Waals surface area (Å²) in [6.07, 6.45) is 1.67. The van der Waals surface area contributed by atoms with Crippen LogP contribution in [0.5, 0.6) is 0 Å². The molecule has 1 heterocycles. The number of likely N-dealkylation sites (N-methyl/N-ethyl adjacent to an activating group) is 1. The zero-order chi connectivity index (χ0) is 14.7. The van der Waals surface area contributed by atoms with Crippen LogP contribution in [0.2, 0.25) is 5.02 Å². The lowest BCUT2D eigenvalue weighted by Gasteiger charge is -2.27. The van der Waals surface area contributed by atoms with Crippen molar-refractivity contribution in [3.8, 4) is 0 Å². The molecule has 0 radical (unpaired) electrons. The molecule has 0 aliphatic carbocycles. The Bertz CT molecular complexity index is 585. The molecule has 0 aliphatic heterocycles. The number of hydrogen-bond donors (Lipinski definition) is 1. The molecule has 0 bridgehead atoms. The van der Waals surface area contributed by atoms with Crippen LogP contribution in [0, 0.1) is 12.7 Å². The highest BCUT2D eigenvalue weighted by molar-refractivity contribution is 6.30. The molecule has 1 atom stereocenters. The van der Waals surface area contributed by atoms with Crippen LogP contribution in [0.15, 0.2) is 34.9 Å². The second kappa shape index (κ2) is 6.39. The normalized spacial score (nSPS) is 12.9. The van der Waals surface area contributed by atoms with E-state index in [2.05, 4.69) is 4.90 Å². The van der Waals surface area contributed by atoms with Crippen molar-refractivity contribution >= 4 is 11.6 Å². The van der Waals surface area contributed by atoms with E-state index >= 15 is 0 Å². The van der Waals surface area contributed by atoms with Gasteiger partial charge in [0.2, 0.25) is 0 Å². The third-order valence-electron chi connectivity index (χ3n) is 3.47. The largest absolute Gasteiger partial charge is 0.469 e. The number of furan rings is 1. The Morgan fingerprint density at radius 1 is 1.40 bits per heavy atom. The van der Waals surface area contributed by atoms with Crippen LogP contribution in [-0.2, 0) is 6.54 Å². The molecule has 0 saturated carbocycles. The maximum atomic E-state index is 13.2. The zero-order valence-electron chi connectivity index (χ0n) is 11.6. The maximum absolute atomic E-state index is 13.2. The molecule has 2 N–H and O–H groups in total. The molecule has 20 heavy (non-hydrogen) atoms. The van der Waals surface area contributed by atoms with Gasteiger partial charge in [0, 0.05) is 24.7 Å². The Balaban J connectivity index is 2.18. The minimum atomic E-state index is -0.417. The van der Waals surface area contributed by atoms with Crippen LogP contribution >= 0.6 is 11.6 Å².